The highest BCUT2D eigenvalue weighted by Gasteiger charge is 2.22. The third-order valence-corrected chi connectivity index (χ3v) is 6.21. The van der Waals surface area contributed by atoms with Crippen LogP contribution in [0.4, 0.5) is 5.82 Å². The molecule has 4 rings (SSSR count). The van der Waals surface area contributed by atoms with Gasteiger partial charge in [0, 0.05) is 23.7 Å². The molecule has 1 aromatic heterocycles. The van der Waals surface area contributed by atoms with Crippen LogP contribution in [0.15, 0.2) is 78.9 Å². The van der Waals surface area contributed by atoms with Crippen LogP contribution in [-0.2, 0) is 4.79 Å². The van der Waals surface area contributed by atoms with Crippen LogP contribution in [0, 0.1) is 26.7 Å². The second-order valence-electron chi connectivity index (χ2n) is 9.93. The molecule has 0 spiro atoms. The van der Waals surface area contributed by atoms with Crippen molar-refractivity contribution < 1.29 is 9.59 Å². The van der Waals surface area contributed by atoms with Crippen LogP contribution in [0.3, 0.4) is 0 Å². The molecule has 1 N–H and O–H groups in total. The summed E-state index contributed by atoms with van der Waals surface area (Å²) in [5.41, 5.74) is 6.31. The van der Waals surface area contributed by atoms with Crippen LogP contribution in [-0.4, -0.2) is 39.6 Å². The van der Waals surface area contributed by atoms with E-state index in [1.807, 2.05) is 107 Å². The Hall–Kier alpha value is -4.19. The standard InChI is InChI=1S/C31H34N4O2/c1-21(2)19-34(31(37)26-14-10-9-11-23(26)4)20-30(36)32-29-18-27(25-12-7-6-8-13-25)33-35(29)28-16-15-22(3)17-24(28)5/h6-18,21H,19-20H2,1-5H3,(H,32,36). The Bertz CT molecular complexity index is 1410. The molecule has 37 heavy (non-hydrogen) atoms. The second kappa shape index (κ2) is 11.2. The predicted octanol–water partition coefficient (Wildman–Crippen LogP) is 6.20. The van der Waals surface area contributed by atoms with Crippen molar-refractivity contribution in [3.8, 4) is 16.9 Å². The number of amides is 2. The van der Waals surface area contributed by atoms with Gasteiger partial charge in [-0.3, -0.25) is 9.59 Å². The molecule has 3 aromatic carbocycles. The van der Waals surface area contributed by atoms with Gasteiger partial charge in [-0.1, -0.05) is 80.1 Å². The maximum absolute atomic E-state index is 13.4. The second-order valence-corrected chi connectivity index (χ2v) is 9.93. The van der Waals surface area contributed by atoms with Crippen LogP contribution in [0.1, 0.15) is 40.9 Å². The number of carbonyl (C=O) groups excluding carboxylic acids is 2. The number of aromatic nitrogens is 2. The number of nitrogens with one attached hydrogen (secondary N) is 1. The maximum atomic E-state index is 13.4. The molecule has 6 nitrogen and oxygen atoms in total. The maximum Gasteiger partial charge on any atom is 0.254 e. The van der Waals surface area contributed by atoms with Crippen LogP contribution in [0.25, 0.3) is 16.9 Å². The molecule has 0 saturated heterocycles. The molecular weight excluding hydrogens is 460 g/mol. The lowest BCUT2D eigenvalue weighted by molar-refractivity contribution is -0.117. The van der Waals surface area contributed by atoms with Crippen LogP contribution in [0.5, 0.6) is 0 Å². The fourth-order valence-electron chi connectivity index (χ4n) is 4.45. The van der Waals surface area contributed by atoms with Gasteiger partial charge in [0.2, 0.25) is 5.91 Å². The van der Waals surface area contributed by atoms with Crippen molar-refractivity contribution >= 4 is 17.6 Å². The van der Waals surface area contributed by atoms with Gasteiger partial charge in [0.25, 0.3) is 5.91 Å². The molecule has 0 aliphatic rings. The molecule has 6 heteroatoms. The van der Waals surface area contributed by atoms with Crippen molar-refractivity contribution in [3.63, 3.8) is 0 Å². The Kier molecular flexibility index (Phi) is 7.87. The van der Waals surface area contributed by atoms with Gasteiger partial charge >= 0.3 is 0 Å². The van der Waals surface area contributed by atoms with Crippen molar-refractivity contribution in [3.05, 3.63) is 101 Å². The van der Waals surface area contributed by atoms with Crippen LogP contribution >= 0.6 is 0 Å². The van der Waals surface area contributed by atoms with Crippen molar-refractivity contribution in [1.29, 1.82) is 0 Å². The smallest absolute Gasteiger partial charge is 0.254 e. The quantitative estimate of drug-likeness (QED) is 0.317. The van der Waals surface area contributed by atoms with Crippen molar-refractivity contribution in [2.24, 2.45) is 5.92 Å². The van der Waals surface area contributed by atoms with Gasteiger partial charge in [0.1, 0.15) is 12.4 Å². The topological polar surface area (TPSA) is 67.2 Å². The van der Waals surface area contributed by atoms with Crippen molar-refractivity contribution in [1.82, 2.24) is 14.7 Å². The minimum atomic E-state index is -0.270. The van der Waals surface area contributed by atoms with Crippen LogP contribution in [0.2, 0.25) is 0 Å². The van der Waals surface area contributed by atoms with E-state index in [4.69, 9.17) is 5.10 Å². The lowest BCUT2D eigenvalue weighted by Crippen LogP contribution is -2.40. The minimum absolute atomic E-state index is 0.0515. The molecule has 0 unspecified atom stereocenters. The SMILES string of the molecule is Cc1ccc(-n2nc(-c3ccccc3)cc2NC(=O)CN(CC(C)C)C(=O)c2ccccc2C)c(C)c1. The first-order chi connectivity index (χ1) is 17.7. The minimum Gasteiger partial charge on any atom is -0.329 e. The number of carbonyl (C=O) groups is 2. The highest BCUT2D eigenvalue weighted by atomic mass is 16.2. The Morgan fingerprint density at radius 1 is 0.892 bits per heavy atom. The first-order valence-electron chi connectivity index (χ1n) is 12.6. The summed E-state index contributed by atoms with van der Waals surface area (Å²) >= 11 is 0. The molecule has 1 heterocycles. The van der Waals surface area contributed by atoms with Gasteiger partial charge in [-0.25, -0.2) is 4.68 Å². The summed E-state index contributed by atoms with van der Waals surface area (Å²) in [7, 11) is 0. The van der Waals surface area contributed by atoms with Crippen LogP contribution < -0.4 is 5.32 Å². The summed E-state index contributed by atoms with van der Waals surface area (Å²) in [6, 6.07) is 25.4. The zero-order chi connectivity index (χ0) is 26.5. The van der Waals surface area contributed by atoms with Gasteiger partial charge in [-0.15, -0.1) is 0 Å². The van der Waals surface area contributed by atoms with E-state index >= 15 is 0 Å². The van der Waals surface area contributed by atoms with Crippen molar-refractivity contribution in [2.75, 3.05) is 18.4 Å². The first-order valence-corrected chi connectivity index (χ1v) is 12.6. The Balaban J connectivity index is 1.65. The number of hydrogen-bond donors (Lipinski definition) is 1. The van der Waals surface area contributed by atoms with Gasteiger partial charge in [0.05, 0.1) is 11.4 Å². The highest BCUT2D eigenvalue weighted by Crippen LogP contribution is 2.27. The molecule has 0 aliphatic carbocycles. The third kappa shape index (κ3) is 6.15. The van der Waals surface area contributed by atoms with Gasteiger partial charge in [-0.05, 0) is 49.9 Å². The average molecular weight is 495 g/mol. The molecule has 0 saturated carbocycles. The van der Waals surface area contributed by atoms with Crippen molar-refractivity contribution in [2.45, 2.75) is 34.6 Å². The fraction of sp³-hybridized carbons (Fsp3) is 0.258. The first kappa shape index (κ1) is 25.9. The molecule has 0 fully saturated rings. The van der Waals surface area contributed by atoms with E-state index in [0.29, 0.717) is 17.9 Å². The fourth-order valence-corrected chi connectivity index (χ4v) is 4.45. The van der Waals surface area contributed by atoms with E-state index in [2.05, 4.69) is 11.4 Å². The molecule has 190 valence electrons. The largest absolute Gasteiger partial charge is 0.329 e. The number of anilines is 1. The van der Waals surface area contributed by atoms with Gasteiger partial charge < -0.3 is 10.2 Å². The highest BCUT2D eigenvalue weighted by molar-refractivity contribution is 6.00. The normalized spacial score (nSPS) is 11.0. The zero-order valence-corrected chi connectivity index (χ0v) is 22.2. The van der Waals surface area contributed by atoms with Gasteiger partial charge in [0.15, 0.2) is 0 Å². The molecular formula is C31H34N4O2. The summed E-state index contributed by atoms with van der Waals surface area (Å²) in [6.45, 7) is 10.5. The number of benzene rings is 3. The third-order valence-electron chi connectivity index (χ3n) is 6.21. The Morgan fingerprint density at radius 2 is 1.59 bits per heavy atom. The molecule has 0 bridgehead atoms. The Labute approximate surface area is 218 Å². The summed E-state index contributed by atoms with van der Waals surface area (Å²) in [6.07, 6.45) is 0. The summed E-state index contributed by atoms with van der Waals surface area (Å²) in [5, 5.41) is 7.87. The molecule has 0 radical (unpaired) electrons. The number of aryl methyl sites for hydroxylation is 3. The molecule has 4 aromatic rings. The molecule has 2 amide bonds. The molecule has 0 atom stereocenters. The van der Waals surface area contributed by atoms with E-state index in [1.54, 1.807) is 9.58 Å². The van der Waals surface area contributed by atoms with E-state index < -0.39 is 0 Å². The number of hydrogen-bond acceptors (Lipinski definition) is 3. The summed E-state index contributed by atoms with van der Waals surface area (Å²) in [4.78, 5) is 28.3. The lowest BCUT2D eigenvalue weighted by atomic mass is 10.1. The van der Waals surface area contributed by atoms with E-state index in [0.717, 1.165) is 33.6 Å². The summed E-state index contributed by atoms with van der Waals surface area (Å²) in [5.74, 6) is 0.359. The summed E-state index contributed by atoms with van der Waals surface area (Å²) < 4.78 is 1.77. The Morgan fingerprint density at radius 3 is 2.27 bits per heavy atom. The molecule has 0 aliphatic heterocycles. The lowest BCUT2D eigenvalue weighted by Gasteiger charge is -2.25. The predicted molar refractivity (Wildman–Crippen MR) is 149 cm³/mol. The average Bonchev–Trinajstić information content (AvgIpc) is 3.27. The van der Waals surface area contributed by atoms with E-state index in [1.165, 1.54) is 0 Å². The van der Waals surface area contributed by atoms with E-state index in [-0.39, 0.29) is 24.3 Å². The monoisotopic (exact) mass is 494 g/mol. The van der Waals surface area contributed by atoms with Gasteiger partial charge in [-0.2, -0.15) is 5.10 Å². The number of nitrogens with zero attached hydrogens (tertiary/aromatic N) is 3. The van der Waals surface area contributed by atoms with E-state index in [9.17, 15) is 9.59 Å². The zero-order valence-electron chi connectivity index (χ0n) is 22.2. The number of rotatable bonds is 8.